The Morgan fingerprint density at radius 1 is 1.53 bits per heavy atom. The lowest BCUT2D eigenvalue weighted by Gasteiger charge is -2.39. The van der Waals surface area contributed by atoms with Crippen LogP contribution in [-0.2, 0) is 4.79 Å². The summed E-state index contributed by atoms with van der Waals surface area (Å²) >= 11 is 0. The Hall–Kier alpha value is -0.610. The number of aliphatic hydroxyl groups excluding tert-OH is 1. The minimum Gasteiger partial charge on any atom is -0.396 e. The van der Waals surface area contributed by atoms with E-state index < -0.39 is 0 Å². The number of rotatable bonds is 7. The molecule has 3 N–H and O–H groups in total. The van der Waals surface area contributed by atoms with Crippen LogP contribution in [0.1, 0.15) is 46.0 Å². The predicted molar refractivity (Wildman–Crippen MR) is 68.5 cm³/mol. The first kappa shape index (κ1) is 14.5. The van der Waals surface area contributed by atoms with Gasteiger partial charge in [-0.3, -0.25) is 4.79 Å². The largest absolute Gasteiger partial charge is 0.396 e. The third kappa shape index (κ3) is 3.68. The number of carbonyl (C=O) groups excluding carboxylic acids is 1. The fourth-order valence-electron chi connectivity index (χ4n) is 2.10. The molecule has 0 aromatic carbocycles. The summed E-state index contributed by atoms with van der Waals surface area (Å²) in [6.45, 7) is 4.85. The number of nitrogens with zero attached hydrogens (tertiary/aromatic N) is 1. The molecular weight excluding hydrogens is 216 g/mol. The van der Waals surface area contributed by atoms with Crippen LogP contribution in [0.3, 0.4) is 0 Å². The average molecular weight is 242 g/mol. The molecule has 0 radical (unpaired) electrons. The second kappa shape index (κ2) is 6.97. The highest BCUT2D eigenvalue weighted by atomic mass is 16.3. The van der Waals surface area contributed by atoms with Crippen LogP contribution in [0.2, 0.25) is 0 Å². The molecule has 1 aliphatic carbocycles. The highest BCUT2D eigenvalue weighted by Crippen LogP contribution is 2.26. The van der Waals surface area contributed by atoms with Crippen LogP contribution in [0.5, 0.6) is 0 Å². The first-order valence-electron chi connectivity index (χ1n) is 6.78. The van der Waals surface area contributed by atoms with Gasteiger partial charge in [-0.25, -0.2) is 0 Å². The van der Waals surface area contributed by atoms with Gasteiger partial charge >= 0.3 is 0 Å². The van der Waals surface area contributed by atoms with Gasteiger partial charge < -0.3 is 15.7 Å². The van der Waals surface area contributed by atoms with E-state index in [9.17, 15) is 4.79 Å². The van der Waals surface area contributed by atoms with Gasteiger partial charge in [0.25, 0.3) is 0 Å². The van der Waals surface area contributed by atoms with E-state index in [1.54, 1.807) is 0 Å². The van der Waals surface area contributed by atoms with Gasteiger partial charge in [0.15, 0.2) is 0 Å². The van der Waals surface area contributed by atoms with Crippen molar-refractivity contribution in [2.24, 2.45) is 11.7 Å². The molecule has 0 aliphatic heterocycles. The topological polar surface area (TPSA) is 66.6 Å². The fraction of sp³-hybridized carbons (Fsp3) is 0.923. The van der Waals surface area contributed by atoms with Gasteiger partial charge in [-0.15, -0.1) is 0 Å². The van der Waals surface area contributed by atoms with Gasteiger partial charge in [-0.05, 0) is 31.6 Å². The lowest BCUT2D eigenvalue weighted by atomic mass is 9.89. The SMILES string of the molecule is CCC(C)[C@H](N)C(=O)N(CCCO)C1CCC1. The second-order valence-electron chi connectivity index (χ2n) is 5.10. The van der Waals surface area contributed by atoms with Crippen molar-refractivity contribution in [1.82, 2.24) is 4.90 Å². The molecule has 17 heavy (non-hydrogen) atoms. The van der Waals surface area contributed by atoms with Gasteiger partial charge in [0.2, 0.25) is 5.91 Å². The maximum atomic E-state index is 12.3. The Kier molecular flexibility index (Phi) is 5.92. The minimum absolute atomic E-state index is 0.0671. The summed E-state index contributed by atoms with van der Waals surface area (Å²) in [7, 11) is 0. The molecule has 2 atom stereocenters. The fourth-order valence-corrected chi connectivity index (χ4v) is 2.10. The zero-order chi connectivity index (χ0) is 12.8. The van der Waals surface area contributed by atoms with Crippen molar-refractivity contribution < 1.29 is 9.90 Å². The lowest BCUT2D eigenvalue weighted by Crippen LogP contribution is -2.53. The van der Waals surface area contributed by atoms with Crippen LogP contribution in [-0.4, -0.2) is 41.1 Å². The zero-order valence-electron chi connectivity index (χ0n) is 11.1. The van der Waals surface area contributed by atoms with E-state index in [4.69, 9.17) is 10.8 Å². The van der Waals surface area contributed by atoms with Crippen molar-refractivity contribution in [1.29, 1.82) is 0 Å². The highest BCUT2D eigenvalue weighted by molar-refractivity contribution is 5.82. The Labute approximate surface area is 104 Å². The average Bonchev–Trinajstić information content (AvgIpc) is 2.28. The number of aliphatic hydroxyl groups is 1. The van der Waals surface area contributed by atoms with Crippen LogP contribution in [0.4, 0.5) is 0 Å². The predicted octanol–water partition coefficient (Wildman–Crippen LogP) is 1.12. The first-order valence-corrected chi connectivity index (χ1v) is 6.78. The van der Waals surface area contributed by atoms with E-state index in [1.807, 2.05) is 11.8 Å². The van der Waals surface area contributed by atoms with Gasteiger partial charge in [-0.2, -0.15) is 0 Å². The third-order valence-electron chi connectivity index (χ3n) is 3.90. The van der Waals surface area contributed by atoms with Crippen molar-refractivity contribution in [2.75, 3.05) is 13.2 Å². The molecule has 4 nitrogen and oxygen atoms in total. The summed E-state index contributed by atoms with van der Waals surface area (Å²) in [6, 6.07) is -0.0246. The molecule has 0 saturated heterocycles. The summed E-state index contributed by atoms with van der Waals surface area (Å²) in [6.07, 6.45) is 4.95. The molecule has 0 spiro atoms. The Morgan fingerprint density at radius 3 is 2.59 bits per heavy atom. The second-order valence-corrected chi connectivity index (χ2v) is 5.10. The summed E-state index contributed by atoms with van der Waals surface area (Å²) in [5, 5.41) is 8.89. The number of hydrogen-bond acceptors (Lipinski definition) is 3. The summed E-state index contributed by atoms with van der Waals surface area (Å²) in [5.74, 6) is 0.289. The van der Waals surface area contributed by atoms with Crippen molar-refractivity contribution >= 4 is 5.91 Å². The van der Waals surface area contributed by atoms with E-state index in [0.29, 0.717) is 19.0 Å². The van der Waals surface area contributed by atoms with Crippen molar-refractivity contribution in [3.05, 3.63) is 0 Å². The summed E-state index contributed by atoms with van der Waals surface area (Å²) < 4.78 is 0. The lowest BCUT2D eigenvalue weighted by molar-refractivity contribution is -0.138. The quantitative estimate of drug-likeness (QED) is 0.703. The van der Waals surface area contributed by atoms with Crippen molar-refractivity contribution in [2.45, 2.75) is 58.0 Å². The van der Waals surface area contributed by atoms with Gasteiger partial charge in [-0.1, -0.05) is 20.3 Å². The van der Waals surface area contributed by atoms with Crippen LogP contribution in [0, 0.1) is 5.92 Å². The smallest absolute Gasteiger partial charge is 0.240 e. The molecule has 1 unspecified atom stereocenters. The maximum Gasteiger partial charge on any atom is 0.240 e. The zero-order valence-corrected chi connectivity index (χ0v) is 11.1. The molecule has 0 bridgehead atoms. The Balaban J connectivity index is 2.57. The number of nitrogens with two attached hydrogens (primary N) is 1. The summed E-state index contributed by atoms with van der Waals surface area (Å²) in [5.41, 5.74) is 6.01. The van der Waals surface area contributed by atoms with E-state index >= 15 is 0 Å². The van der Waals surface area contributed by atoms with Gasteiger partial charge in [0, 0.05) is 19.2 Å². The van der Waals surface area contributed by atoms with Crippen LogP contribution in [0.15, 0.2) is 0 Å². The molecule has 0 aromatic heterocycles. The van der Waals surface area contributed by atoms with E-state index in [1.165, 1.54) is 6.42 Å². The highest BCUT2D eigenvalue weighted by Gasteiger charge is 2.32. The van der Waals surface area contributed by atoms with Crippen LogP contribution < -0.4 is 5.73 Å². The molecular formula is C13H26N2O2. The molecule has 100 valence electrons. The van der Waals surface area contributed by atoms with Crippen molar-refractivity contribution in [3.8, 4) is 0 Å². The third-order valence-corrected chi connectivity index (χ3v) is 3.90. The number of amides is 1. The number of carbonyl (C=O) groups is 1. The van der Waals surface area contributed by atoms with Gasteiger partial charge in [0.05, 0.1) is 6.04 Å². The Morgan fingerprint density at radius 2 is 2.18 bits per heavy atom. The monoisotopic (exact) mass is 242 g/mol. The molecule has 1 rings (SSSR count). The molecule has 1 saturated carbocycles. The van der Waals surface area contributed by atoms with Crippen molar-refractivity contribution in [3.63, 3.8) is 0 Å². The normalized spacial score (nSPS) is 19.5. The molecule has 0 aromatic rings. The molecule has 0 heterocycles. The maximum absolute atomic E-state index is 12.3. The van der Waals surface area contributed by atoms with E-state index in [2.05, 4.69) is 6.92 Å². The number of hydrogen-bond donors (Lipinski definition) is 2. The van der Waals surface area contributed by atoms with Gasteiger partial charge in [0.1, 0.15) is 0 Å². The Bertz CT molecular complexity index is 242. The molecule has 4 heteroatoms. The van der Waals surface area contributed by atoms with E-state index in [-0.39, 0.29) is 24.5 Å². The summed E-state index contributed by atoms with van der Waals surface area (Å²) in [4.78, 5) is 14.2. The minimum atomic E-state index is -0.390. The molecule has 1 aliphatic rings. The standard InChI is InChI=1S/C13H26N2O2/c1-3-10(2)12(14)13(17)15(8-5-9-16)11-6-4-7-11/h10-12,16H,3-9,14H2,1-2H3/t10?,12-/m0/s1. The van der Waals surface area contributed by atoms with Crippen LogP contribution >= 0.6 is 0 Å². The van der Waals surface area contributed by atoms with E-state index in [0.717, 1.165) is 19.3 Å². The molecule has 1 amide bonds. The van der Waals surface area contributed by atoms with Crippen LogP contribution in [0.25, 0.3) is 0 Å². The first-order chi connectivity index (χ1) is 8.11. The molecule has 1 fully saturated rings.